The number of hydrogen-bond donors (Lipinski definition) is 2. The van der Waals surface area contributed by atoms with Crippen LogP contribution in [0.5, 0.6) is 0 Å². The smallest absolute Gasteiger partial charge is 0.315 e. The third kappa shape index (κ3) is 2.20. The highest BCUT2D eigenvalue weighted by Gasteiger charge is 2.07. The fourth-order valence-corrected chi connectivity index (χ4v) is 0.718. The molecule has 0 fully saturated rings. The second kappa shape index (κ2) is 4.06. The molecule has 1 aromatic heterocycles. The van der Waals surface area contributed by atoms with Crippen LogP contribution in [0.4, 0.5) is 6.01 Å². The molecule has 0 unspecified atom stereocenters. The largest absolute Gasteiger partial charge is 0.408 e. The van der Waals surface area contributed by atoms with Crippen molar-refractivity contribution in [2.75, 3.05) is 18.4 Å². The zero-order valence-corrected chi connectivity index (χ0v) is 7.37. The zero-order valence-electron chi connectivity index (χ0n) is 7.37. The molecule has 0 spiro atoms. The summed E-state index contributed by atoms with van der Waals surface area (Å²) in [6, 6.07) is 0.448. The Morgan fingerprint density at radius 2 is 2.25 bits per heavy atom. The molecule has 68 valence electrons. The monoisotopic (exact) mass is 170 g/mol. The molecule has 1 rings (SSSR count). The summed E-state index contributed by atoms with van der Waals surface area (Å²) in [4.78, 5) is 0. The Morgan fingerprint density at radius 3 is 2.75 bits per heavy atom. The summed E-state index contributed by atoms with van der Waals surface area (Å²) in [6.45, 7) is 5.21. The van der Waals surface area contributed by atoms with Gasteiger partial charge in [0.2, 0.25) is 5.89 Å². The van der Waals surface area contributed by atoms with Gasteiger partial charge in [0.25, 0.3) is 0 Å². The van der Waals surface area contributed by atoms with Crippen molar-refractivity contribution in [1.82, 2.24) is 10.2 Å². The molecule has 3 N–H and O–H groups in total. The van der Waals surface area contributed by atoms with Gasteiger partial charge >= 0.3 is 6.01 Å². The first-order chi connectivity index (χ1) is 5.74. The van der Waals surface area contributed by atoms with E-state index in [1.807, 2.05) is 13.8 Å². The molecule has 0 aliphatic carbocycles. The molecule has 0 atom stereocenters. The lowest BCUT2D eigenvalue weighted by Crippen LogP contribution is -2.13. The molecule has 0 saturated heterocycles. The van der Waals surface area contributed by atoms with Crippen LogP contribution in [0.25, 0.3) is 0 Å². The van der Waals surface area contributed by atoms with E-state index in [1.54, 1.807) is 0 Å². The maximum atomic E-state index is 5.29. The third-order valence-electron chi connectivity index (χ3n) is 1.36. The standard InChI is InChI=1S/C7H14N4O/c1-5(2)6-10-11-7(12-6)9-4-3-8/h5H,3-4,8H2,1-2H3,(H,9,11). The Hall–Kier alpha value is -1.10. The molecule has 5 heteroatoms. The summed E-state index contributed by atoms with van der Waals surface area (Å²) in [5.41, 5.74) is 5.29. The number of aromatic nitrogens is 2. The average molecular weight is 170 g/mol. The Morgan fingerprint density at radius 1 is 1.50 bits per heavy atom. The highest BCUT2D eigenvalue weighted by Crippen LogP contribution is 2.13. The van der Waals surface area contributed by atoms with Crippen molar-refractivity contribution >= 4 is 6.01 Å². The highest BCUT2D eigenvalue weighted by atomic mass is 16.4. The summed E-state index contributed by atoms with van der Waals surface area (Å²) in [6.07, 6.45) is 0. The quantitative estimate of drug-likeness (QED) is 0.690. The minimum Gasteiger partial charge on any atom is -0.408 e. The van der Waals surface area contributed by atoms with Crippen LogP contribution < -0.4 is 11.1 Å². The Bertz CT molecular complexity index is 233. The summed E-state index contributed by atoms with van der Waals surface area (Å²) in [5.74, 6) is 0.917. The molecule has 0 saturated carbocycles. The lowest BCUT2D eigenvalue weighted by atomic mass is 10.2. The summed E-state index contributed by atoms with van der Waals surface area (Å²) in [7, 11) is 0. The summed E-state index contributed by atoms with van der Waals surface area (Å²) < 4.78 is 5.26. The van der Waals surface area contributed by atoms with Crippen LogP contribution >= 0.6 is 0 Å². The van der Waals surface area contributed by atoms with Crippen molar-refractivity contribution in [3.8, 4) is 0 Å². The van der Waals surface area contributed by atoms with Crippen LogP contribution in [0, 0.1) is 0 Å². The normalized spacial score (nSPS) is 10.7. The van der Waals surface area contributed by atoms with Crippen LogP contribution in [0.1, 0.15) is 25.7 Å². The lowest BCUT2D eigenvalue weighted by molar-refractivity contribution is 0.480. The second-order valence-corrected chi connectivity index (χ2v) is 2.82. The second-order valence-electron chi connectivity index (χ2n) is 2.82. The van der Waals surface area contributed by atoms with E-state index < -0.39 is 0 Å². The molecule has 0 aromatic carbocycles. The van der Waals surface area contributed by atoms with Crippen LogP contribution in [-0.4, -0.2) is 23.3 Å². The van der Waals surface area contributed by atoms with Gasteiger partial charge in [0, 0.05) is 19.0 Å². The van der Waals surface area contributed by atoms with Gasteiger partial charge in [-0.3, -0.25) is 0 Å². The molecule has 1 aromatic rings. The number of nitrogens with zero attached hydrogens (tertiary/aromatic N) is 2. The van der Waals surface area contributed by atoms with Crippen molar-refractivity contribution in [1.29, 1.82) is 0 Å². The minimum atomic E-state index is 0.269. The number of nitrogens with two attached hydrogens (primary N) is 1. The molecule has 5 nitrogen and oxygen atoms in total. The summed E-state index contributed by atoms with van der Waals surface area (Å²) in [5, 5.41) is 10.5. The maximum absolute atomic E-state index is 5.29. The minimum absolute atomic E-state index is 0.269. The van der Waals surface area contributed by atoms with Gasteiger partial charge in [-0.05, 0) is 0 Å². The predicted octanol–water partition coefficient (Wildman–Crippen LogP) is 0.564. The van der Waals surface area contributed by atoms with Gasteiger partial charge in [0.15, 0.2) is 0 Å². The van der Waals surface area contributed by atoms with Gasteiger partial charge in [-0.25, -0.2) is 0 Å². The first kappa shape index (κ1) is 8.99. The molecule has 0 aliphatic heterocycles. The maximum Gasteiger partial charge on any atom is 0.315 e. The van der Waals surface area contributed by atoms with Crippen molar-refractivity contribution in [3.05, 3.63) is 5.89 Å². The van der Waals surface area contributed by atoms with E-state index in [9.17, 15) is 0 Å². The van der Waals surface area contributed by atoms with Gasteiger partial charge in [-0.2, -0.15) is 0 Å². The average Bonchev–Trinajstić information content (AvgIpc) is 2.48. The van der Waals surface area contributed by atoms with Gasteiger partial charge < -0.3 is 15.5 Å². The Labute approximate surface area is 71.3 Å². The molecule has 0 amide bonds. The molecule has 0 aliphatic rings. The highest BCUT2D eigenvalue weighted by molar-refractivity contribution is 5.16. The number of anilines is 1. The first-order valence-corrected chi connectivity index (χ1v) is 4.01. The van der Waals surface area contributed by atoms with Gasteiger partial charge in [-0.1, -0.05) is 18.9 Å². The number of nitrogens with one attached hydrogen (secondary N) is 1. The van der Waals surface area contributed by atoms with E-state index >= 15 is 0 Å². The Balaban J connectivity index is 2.52. The van der Waals surface area contributed by atoms with Gasteiger partial charge in [0.1, 0.15) is 0 Å². The van der Waals surface area contributed by atoms with E-state index in [-0.39, 0.29) is 5.92 Å². The number of rotatable bonds is 4. The molecule has 0 bridgehead atoms. The third-order valence-corrected chi connectivity index (χ3v) is 1.36. The van der Waals surface area contributed by atoms with Crippen molar-refractivity contribution in [2.45, 2.75) is 19.8 Å². The van der Waals surface area contributed by atoms with Gasteiger partial charge in [0.05, 0.1) is 0 Å². The molecule has 0 radical (unpaired) electrons. The van der Waals surface area contributed by atoms with Crippen molar-refractivity contribution < 1.29 is 4.42 Å². The molecular formula is C7H14N4O. The summed E-state index contributed by atoms with van der Waals surface area (Å²) >= 11 is 0. The Kier molecular flexibility index (Phi) is 3.04. The van der Waals surface area contributed by atoms with Crippen molar-refractivity contribution in [3.63, 3.8) is 0 Å². The first-order valence-electron chi connectivity index (χ1n) is 4.01. The van der Waals surface area contributed by atoms with E-state index in [0.717, 1.165) is 0 Å². The van der Waals surface area contributed by atoms with Crippen LogP contribution in [-0.2, 0) is 0 Å². The predicted molar refractivity (Wildman–Crippen MR) is 45.9 cm³/mol. The van der Waals surface area contributed by atoms with E-state index in [0.29, 0.717) is 25.0 Å². The molecule has 1 heterocycles. The zero-order chi connectivity index (χ0) is 8.97. The van der Waals surface area contributed by atoms with E-state index in [4.69, 9.17) is 10.2 Å². The fraction of sp³-hybridized carbons (Fsp3) is 0.714. The van der Waals surface area contributed by atoms with E-state index in [2.05, 4.69) is 15.5 Å². The van der Waals surface area contributed by atoms with Gasteiger partial charge in [-0.15, -0.1) is 5.10 Å². The molecule has 12 heavy (non-hydrogen) atoms. The van der Waals surface area contributed by atoms with E-state index in [1.165, 1.54) is 0 Å². The van der Waals surface area contributed by atoms with Crippen molar-refractivity contribution in [2.24, 2.45) is 5.73 Å². The van der Waals surface area contributed by atoms with Crippen LogP contribution in [0.2, 0.25) is 0 Å². The number of hydrogen-bond acceptors (Lipinski definition) is 5. The van der Waals surface area contributed by atoms with Crippen LogP contribution in [0.15, 0.2) is 4.42 Å². The SMILES string of the molecule is CC(C)c1nnc(NCCN)o1. The fourth-order valence-electron chi connectivity index (χ4n) is 0.718. The molecular weight excluding hydrogens is 156 g/mol. The van der Waals surface area contributed by atoms with Crippen LogP contribution in [0.3, 0.4) is 0 Å². The lowest BCUT2D eigenvalue weighted by Gasteiger charge is -1.96. The topological polar surface area (TPSA) is 77.0 Å².